The average Bonchev–Trinajstić information content (AvgIpc) is 2.50. The summed E-state index contributed by atoms with van der Waals surface area (Å²) in [5.41, 5.74) is 0. The third-order valence-corrected chi connectivity index (χ3v) is 4.90. The number of phenols is 1. The van der Waals surface area contributed by atoms with Gasteiger partial charge < -0.3 is 10.0 Å². The summed E-state index contributed by atoms with van der Waals surface area (Å²) in [4.78, 5) is 3.06. The highest BCUT2D eigenvalue weighted by Gasteiger charge is 2.06. The topological polar surface area (TPSA) is 24.7 Å². The molecular weight excluding hydrogens is 278 g/mol. The molecule has 0 aliphatic rings. The number of hydrogen-bond acceptors (Lipinski definition) is 2. The van der Waals surface area contributed by atoms with E-state index in [1.807, 2.05) is 23.9 Å². The number of aromatic hydroxyl groups is 1. The van der Waals surface area contributed by atoms with E-state index in [0.29, 0.717) is 5.75 Å². The number of hydrogen-bond donors (Lipinski definition) is 2. The molecule has 21 heavy (non-hydrogen) atoms. The Kier molecular flexibility index (Phi) is 10.4. The Morgan fingerprint density at radius 3 is 2.00 bits per heavy atom. The zero-order valence-electron chi connectivity index (χ0n) is 13.7. The van der Waals surface area contributed by atoms with Crippen LogP contribution in [0.15, 0.2) is 29.2 Å². The van der Waals surface area contributed by atoms with Gasteiger partial charge in [0.25, 0.3) is 0 Å². The second-order valence-electron chi connectivity index (χ2n) is 5.76. The third kappa shape index (κ3) is 9.05. The molecule has 1 aromatic rings. The van der Waals surface area contributed by atoms with Crippen LogP contribution in [0.25, 0.3) is 0 Å². The van der Waals surface area contributed by atoms with Gasteiger partial charge in [0.2, 0.25) is 0 Å². The molecule has 0 fully saturated rings. The highest BCUT2D eigenvalue weighted by atomic mass is 32.2. The van der Waals surface area contributed by atoms with Crippen LogP contribution in [0.2, 0.25) is 0 Å². The maximum absolute atomic E-state index is 9.26. The summed E-state index contributed by atoms with van der Waals surface area (Å²) in [5.74, 6) is 1.53. The number of unbranched alkanes of at least 4 members (excludes halogenated alkanes) is 3. The van der Waals surface area contributed by atoms with Crippen molar-refractivity contribution in [2.24, 2.45) is 0 Å². The molecule has 2 N–H and O–H groups in total. The van der Waals surface area contributed by atoms with Crippen molar-refractivity contribution in [3.63, 3.8) is 0 Å². The monoisotopic (exact) mass is 310 g/mol. The van der Waals surface area contributed by atoms with Gasteiger partial charge in [0, 0.05) is 4.90 Å². The third-order valence-electron chi connectivity index (χ3n) is 3.80. The number of benzene rings is 1. The van der Waals surface area contributed by atoms with Gasteiger partial charge >= 0.3 is 0 Å². The quantitative estimate of drug-likeness (QED) is 0.454. The minimum absolute atomic E-state index is 0.352. The molecule has 0 aliphatic heterocycles. The van der Waals surface area contributed by atoms with Gasteiger partial charge in [-0.15, -0.1) is 11.8 Å². The lowest BCUT2D eigenvalue weighted by Crippen LogP contribution is -3.12. The molecule has 0 heterocycles. The van der Waals surface area contributed by atoms with Crippen molar-refractivity contribution in [2.45, 2.75) is 57.3 Å². The van der Waals surface area contributed by atoms with Crippen LogP contribution in [0.3, 0.4) is 0 Å². The molecule has 120 valence electrons. The Labute approximate surface area is 134 Å². The molecule has 0 spiro atoms. The van der Waals surface area contributed by atoms with Crippen molar-refractivity contribution in [3.05, 3.63) is 24.3 Å². The van der Waals surface area contributed by atoms with E-state index in [1.165, 1.54) is 68.8 Å². The maximum atomic E-state index is 9.26. The Bertz CT molecular complexity index is 345. The zero-order chi connectivity index (χ0) is 15.3. The van der Waals surface area contributed by atoms with Crippen LogP contribution < -0.4 is 4.90 Å². The van der Waals surface area contributed by atoms with Gasteiger partial charge in [-0.3, -0.25) is 0 Å². The predicted molar refractivity (Wildman–Crippen MR) is 93.4 cm³/mol. The summed E-state index contributed by atoms with van der Waals surface area (Å²) in [6, 6.07) is 7.54. The molecule has 0 aliphatic carbocycles. The normalized spacial score (nSPS) is 11.2. The number of quaternary nitrogens is 1. The first-order valence-electron chi connectivity index (χ1n) is 8.51. The lowest BCUT2D eigenvalue weighted by Gasteiger charge is -2.19. The van der Waals surface area contributed by atoms with Gasteiger partial charge in [-0.1, -0.05) is 26.7 Å². The molecule has 0 amide bonds. The highest BCUT2D eigenvalue weighted by molar-refractivity contribution is 7.99. The van der Waals surface area contributed by atoms with Crippen LogP contribution in [0, 0.1) is 0 Å². The van der Waals surface area contributed by atoms with E-state index in [9.17, 15) is 5.11 Å². The van der Waals surface area contributed by atoms with Crippen molar-refractivity contribution < 1.29 is 10.0 Å². The summed E-state index contributed by atoms with van der Waals surface area (Å²) in [7, 11) is 0. The molecule has 0 saturated carbocycles. The van der Waals surface area contributed by atoms with E-state index in [2.05, 4.69) is 13.8 Å². The van der Waals surface area contributed by atoms with Crippen molar-refractivity contribution in [3.8, 4) is 5.75 Å². The van der Waals surface area contributed by atoms with E-state index in [-0.39, 0.29) is 0 Å². The molecule has 0 aromatic heterocycles. The molecule has 1 aromatic carbocycles. The molecule has 0 unspecified atom stereocenters. The Morgan fingerprint density at radius 2 is 1.43 bits per heavy atom. The predicted octanol–water partition coefficient (Wildman–Crippen LogP) is 3.75. The smallest absolute Gasteiger partial charge is 0.115 e. The standard InChI is InChI=1S/C18H31NOS/c1-3-5-13-19(14-6-4-2)15-7-8-16-21-18-11-9-17(20)10-12-18/h9-12,20H,3-8,13-16H2,1-2H3/p+1. The van der Waals surface area contributed by atoms with Gasteiger partial charge in [0.1, 0.15) is 5.75 Å². The van der Waals surface area contributed by atoms with E-state index >= 15 is 0 Å². The minimum Gasteiger partial charge on any atom is -0.508 e. The molecule has 0 bridgehead atoms. The largest absolute Gasteiger partial charge is 0.508 e. The molecule has 0 saturated heterocycles. The van der Waals surface area contributed by atoms with Gasteiger partial charge in [0.15, 0.2) is 0 Å². The van der Waals surface area contributed by atoms with E-state index in [4.69, 9.17) is 0 Å². The van der Waals surface area contributed by atoms with Crippen LogP contribution in [0.4, 0.5) is 0 Å². The summed E-state index contributed by atoms with van der Waals surface area (Å²) in [6.45, 7) is 8.59. The van der Waals surface area contributed by atoms with Crippen molar-refractivity contribution in [1.82, 2.24) is 0 Å². The number of rotatable bonds is 12. The lowest BCUT2D eigenvalue weighted by molar-refractivity contribution is -0.900. The van der Waals surface area contributed by atoms with E-state index < -0.39 is 0 Å². The summed E-state index contributed by atoms with van der Waals surface area (Å²) >= 11 is 1.90. The fraction of sp³-hybridized carbons (Fsp3) is 0.667. The van der Waals surface area contributed by atoms with Gasteiger partial charge in [-0.25, -0.2) is 0 Å². The molecule has 0 atom stereocenters. The SMILES string of the molecule is CCCC[NH+](CCCC)CCCCSc1ccc(O)cc1. The minimum atomic E-state index is 0.352. The number of thioether (sulfide) groups is 1. The molecule has 3 heteroatoms. The second kappa shape index (κ2) is 11.9. The molecule has 1 rings (SSSR count). The van der Waals surface area contributed by atoms with Crippen LogP contribution in [0.1, 0.15) is 52.4 Å². The van der Waals surface area contributed by atoms with Gasteiger partial charge in [-0.2, -0.15) is 0 Å². The summed E-state index contributed by atoms with van der Waals surface area (Å²) in [6.07, 6.45) is 7.96. The van der Waals surface area contributed by atoms with Gasteiger partial charge in [-0.05, 0) is 55.7 Å². The van der Waals surface area contributed by atoms with Crippen molar-refractivity contribution in [1.29, 1.82) is 0 Å². The Balaban J connectivity index is 2.13. The second-order valence-corrected chi connectivity index (χ2v) is 6.92. The van der Waals surface area contributed by atoms with E-state index in [0.717, 1.165) is 0 Å². The number of phenolic OH excluding ortho intramolecular Hbond substituents is 1. The van der Waals surface area contributed by atoms with E-state index in [1.54, 1.807) is 17.0 Å². The fourth-order valence-electron chi connectivity index (χ4n) is 2.44. The van der Waals surface area contributed by atoms with Crippen LogP contribution in [0.5, 0.6) is 5.75 Å². The summed E-state index contributed by atoms with van der Waals surface area (Å²) < 4.78 is 0. The van der Waals surface area contributed by atoms with Crippen LogP contribution in [-0.4, -0.2) is 30.5 Å². The Hall–Kier alpha value is -0.670. The van der Waals surface area contributed by atoms with Crippen molar-refractivity contribution in [2.75, 3.05) is 25.4 Å². The highest BCUT2D eigenvalue weighted by Crippen LogP contribution is 2.21. The fourth-order valence-corrected chi connectivity index (χ4v) is 3.35. The summed E-state index contributed by atoms with van der Waals surface area (Å²) in [5, 5.41) is 9.26. The number of nitrogens with one attached hydrogen (secondary N) is 1. The Morgan fingerprint density at radius 1 is 0.857 bits per heavy atom. The first-order valence-corrected chi connectivity index (χ1v) is 9.50. The first-order chi connectivity index (χ1) is 10.3. The van der Waals surface area contributed by atoms with Crippen molar-refractivity contribution >= 4 is 11.8 Å². The first kappa shape index (κ1) is 18.4. The lowest BCUT2D eigenvalue weighted by atomic mass is 10.2. The maximum Gasteiger partial charge on any atom is 0.115 e. The molecule has 2 nitrogen and oxygen atoms in total. The van der Waals surface area contributed by atoms with Crippen LogP contribution >= 0.6 is 11.8 Å². The molecule has 0 radical (unpaired) electrons. The average molecular weight is 311 g/mol. The van der Waals surface area contributed by atoms with Crippen LogP contribution in [-0.2, 0) is 0 Å². The zero-order valence-corrected chi connectivity index (χ0v) is 14.6. The van der Waals surface area contributed by atoms with Gasteiger partial charge in [0.05, 0.1) is 19.6 Å². The molecular formula is C18H32NOS+.